The number of halogens is 3. The van der Waals surface area contributed by atoms with Gasteiger partial charge in [0.2, 0.25) is 0 Å². The first-order chi connectivity index (χ1) is 11.5. The maximum atomic E-state index is 13.7. The molecular weight excluding hydrogens is 313 g/mol. The Balaban J connectivity index is 1.76. The highest BCUT2D eigenvalue weighted by Gasteiger charge is 2.13. The molecule has 0 spiro atoms. The molecule has 0 aliphatic carbocycles. The predicted octanol–water partition coefficient (Wildman–Crippen LogP) is 4.69. The zero-order valence-electron chi connectivity index (χ0n) is 13.5. The summed E-state index contributed by atoms with van der Waals surface area (Å²) in [5.74, 6) is -2.84. The number of rotatable bonds is 4. The van der Waals surface area contributed by atoms with E-state index in [1.165, 1.54) is 0 Å². The summed E-state index contributed by atoms with van der Waals surface area (Å²) < 4.78 is 42.4. The molecule has 0 radical (unpaired) electrons. The summed E-state index contributed by atoms with van der Waals surface area (Å²) in [7, 11) is 0. The predicted molar refractivity (Wildman–Crippen MR) is 86.8 cm³/mol. The van der Waals surface area contributed by atoms with Crippen LogP contribution in [0.25, 0.3) is 5.69 Å². The highest BCUT2D eigenvalue weighted by molar-refractivity contribution is 5.36. The first-order valence-corrected chi connectivity index (χ1v) is 7.70. The van der Waals surface area contributed by atoms with Crippen molar-refractivity contribution in [2.24, 2.45) is 0 Å². The molecule has 0 N–H and O–H groups in total. The second-order valence-corrected chi connectivity index (χ2v) is 5.83. The second-order valence-electron chi connectivity index (χ2n) is 5.83. The van der Waals surface area contributed by atoms with E-state index in [1.54, 1.807) is 0 Å². The molecule has 2 aromatic carbocycles. The van der Waals surface area contributed by atoms with Gasteiger partial charge in [-0.25, -0.2) is 17.9 Å². The van der Waals surface area contributed by atoms with Gasteiger partial charge in [-0.15, -0.1) is 0 Å². The average molecular weight is 330 g/mol. The molecule has 2 nitrogen and oxygen atoms in total. The van der Waals surface area contributed by atoms with Gasteiger partial charge in [-0.1, -0.05) is 12.1 Å². The van der Waals surface area contributed by atoms with Gasteiger partial charge in [0.15, 0.2) is 11.6 Å². The van der Waals surface area contributed by atoms with Gasteiger partial charge in [0, 0.05) is 11.3 Å². The van der Waals surface area contributed by atoms with Crippen molar-refractivity contribution < 1.29 is 13.2 Å². The summed E-state index contributed by atoms with van der Waals surface area (Å²) in [6, 6.07) is 11.3. The first kappa shape index (κ1) is 16.3. The van der Waals surface area contributed by atoms with Crippen LogP contribution in [0.3, 0.4) is 0 Å². The maximum Gasteiger partial charge on any atom is 0.164 e. The summed E-state index contributed by atoms with van der Waals surface area (Å²) in [6.45, 7) is 3.91. The van der Waals surface area contributed by atoms with Crippen molar-refractivity contribution in [1.82, 2.24) is 9.78 Å². The molecule has 1 aromatic heterocycles. The van der Waals surface area contributed by atoms with E-state index in [9.17, 15) is 13.2 Å². The number of nitrogens with zero attached hydrogens (tertiary/aromatic N) is 2. The Bertz CT molecular complexity index is 867. The van der Waals surface area contributed by atoms with Crippen LogP contribution in [0.2, 0.25) is 0 Å². The number of aromatic nitrogens is 2. The standard InChI is InChI=1S/C19H17F3N2/c1-12-11-13(2)24(23-12)15-6-3-14(4-7-15)5-8-16-17(20)9-10-18(21)19(16)22/h3-4,6-7,9-11H,5,8H2,1-2H3. The Morgan fingerprint density at radius 2 is 1.54 bits per heavy atom. The van der Waals surface area contributed by atoms with Gasteiger partial charge in [0.05, 0.1) is 11.4 Å². The van der Waals surface area contributed by atoms with Crippen molar-refractivity contribution in [2.45, 2.75) is 26.7 Å². The molecule has 0 bridgehead atoms. The molecule has 0 fully saturated rings. The highest BCUT2D eigenvalue weighted by Crippen LogP contribution is 2.19. The fourth-order valence-electron chi connectivity index (χ4n) is 2.76. The van der Waals surface area contributed by atoms with Crippen LogP contribution in [0.1, 0.15) is 22.5 Å². The molecule has 0 unspecified atom stereocenters. The molecule has 3 rings (SSSR count). The van der Waals surface area contributed by atoms with Crippen LogP contribution in [0, 0.1) is 31.3 Å². The van der Waals surface area contributed by atoms with E-state index in [0.717, 1.165) is 34.8 Å². The maximum absolute atomic E-state index is 13.7. The number of hydrogen-bond donors (Lipinski definition) is 0. The third-order valence-corrected chi connectivity index (χ3v) is 3.99. The molecule has 0 aliphatic rings. The smallest absolute Gasteiger partial charge is 0.164 e. The van der Waals surface area contributed by atoms with E-state index in [2.05, 4.69) is 5.10 Å². The molecule has 0 saturated carbocycles. The normalized spacial score (nSPS) is 11.0. The summed E-state index contributed by atoms with van der Waals surface area (Å²) in [6.07, 6.45) is 0.531. The van der Waals surface area contributed by atoms with Crippen LogP contribution in [0.5, 0.6) is 0 Å². The summed E-state index contributed by atoms with van der Waals surface area (Å²) in [5.41, 5.74) is 3.60. The van der Waals surface area contributed by atoms with Crippen molar-refractivity contribution in [3.8, 4) is 5.69 Å². The number of aryl methyl sites for hydroxylation is 3. The fourth-order valence-corrected chi connectivity index (χ4v) is 2.76. The first-order valence-electron chi connectivity index (χ1n) is 7.70. The largest absolute Gasteiger partial charge is 0.238 e. The van der Waals surface area contributed by atoms with Gasteiger partial charge < -0.3 is 0 Å². The Morgan fingerprint density at radius 1 is 0.875 bits per heavy atom. The van der Waals surface area contributed by atoms with Gasteiger partial charge in [-0.05, 0) is 62.6 Å². The molecule has 24 heavy (non-hydrogen) atoms. The van der Waals surface area contributed by atoms with Gasteiger partial charge >= 0.3 is 0 Å². The minimum Gasteiger partial charge on any atom is -0.238 e. The van der Waals surface area contributed by atoms with E-state index in [0.29, 0.717) is 6.42 Å². The van der Waals surface area contributed by atoms with Crippen molar-refractivity contribution in [3.63, 3.8) is 0 Å². The minimum absolute atomic E-state index is 0.106. The van der Waals surface area contributed by atoms with Gasteiger partial charge in [-0.3, -0.25) is 0 Å². The topological polar surface area (TPSA) is 17.8 Å². The van der Waals surface area contributed by atoms with Crippen LogP contribution in [0.15, 0.2) is 42.5 Å². The quantitative estimate of drug-likeness (QED) is 0.635. The number of benzene rings is 2. The SMILES string of the molecule is Cc1cc(C)n(-c2ccc(CCc3c(F)ccc(F)c3F)cc2)n1. The van der Waals surface area contributed by atoms with Crippen molar-refractivity contribution in [3.05, 3.63) is 82.4 Å². The molecule has 5 heteroatoms. The molecule has 3 aromatic rings. The van der Waals surface area contributed by atoms with Crippen molar-refractivity contribution in [2.75, 3.05) is 0 Å². The monoisotopic (exact) mass is 330 g/mol. The zero-order chi connectivity index (χ0) is 17.3. The molecule has 0 saturated heterocycles. The Kier molecular flexibility index (Phi) is 4.42. The lowest BCUT2D eigenvalue weighted by atomic mass is 10.0. The molecule has 0 aliphatic heterocycles. The fraction of sp³-hybridized carbons (Fsp3) is 0.211. The lowest BCUT2D eigenvalue weighted by Gasteiger charge is -2.08. The van der Waals surface area contributed by atoms with E-state index >= 15 is 0 Å². The van der Waals surface area contributed by atoms with E-state index < -0.39 is 17.5 Å². The van der Waals surface area contributed by atoms with Gasteiger partial charge in [0.25, 0.3) is 0 Å². The van der Waals surface area contributed by atoms with Gasteiger partial charge in [-0.2, -0.15) is 5.10 Å². The van der Waals surface area contributed by atoms with Crippen LogP contribution < -0.4 is 0 Å². The lowest BCUT2D eigenvalue weighted by molar-refractivity contribution is 0.479. The minimum atomic E-state index is -1.10. The van der Waals surface area contributed by atoms with E-state index in [-0.39, 0.29) is 12.0 Å². The molecule has 0 amide bonds. The summed E-state index contributed by atoms with van der Waals surface area (Å²) in [5, 5.41) is 4.41. The second kappa shape index (κ2) is 6.51. The molecule has 0 atom stereocenters. The van der Waals surface area contributed by atoms with Crippen LogP contribution in [-0.2, 0) is 12.8 Å². The Labute approximate surface area is 138 Å². The molecule has 124 valence electrons. The van der Waals surface area contributed by atoms with Crippen LogP contribution in [-0.4, -0.2) is 9.78 Å². The number of hydrogen-bond acceptors (Lipinski definition) is 1. The zero-order valence-corrected chi connectivity index (χ0v) is 13.5. The van der Waals surface area contributed by atoms with E-state index in [1.807, 2.05) is 48.9 Å². The van der Waals surface area contributed by atoms with Crippen molar-refractivity contribution >= 4 is 0 Å². The lowest BCUT2D eigenvalue weighted by Crippen LogP contribution is -2.02. The third kappa shape index (κ3) is 3.20. The van der Waals surface area contributed by atoms with E-state index in [4.69, 9.17) is 0 Å². The van der Waals surface area contributed by atoms with Gasteiger partial charge in [0.1, 0.15) is 5.82 Å². The highest BCUT2D eigenvalue weighted by atomic mass is 19.2. The third-order valence-electron chi connectivity index (χ3n) is 3.99. The Hall–Kier alpha value is -2.56. The van der Waals surface area contributed by atoms with Crippen molar-refractivity contribution in [1.29, 1.82) is 0 Å². The summed E-state index contributed by atoms with van der Waals surface area (Å²) in [4.78, 5) is 0. The summed E-state index contributed by atoms with van der Waals surface area (Å²) >= 11 is 0. The molecular formula is C19H17F3N2. The van der Waals surface area contributed by atoms with Crippen LogP contribution in [0.4, 0.5) is 13.2 Å². The molecule has 1 heterocycles. The Morgan fingerprint density at radius 3 is 2.17 bits per heavy atom. The van der Waals surface area contributed by atoms with Crippen LogP contribution >= 0.6 is 0 Å². The average Bonchev–Trinajstić information content (AvgIpc) is 2.90.